The first-order valence-electron chi connectivity index (χ1n) is 9.23. The van der Waals surface area contributed by atoms with E-state index in [2.05, 4.69) is 97.1 Å². The molecule has 0 atom stereocenters. The predicted octanol–water partition coefficient (Wildman–Crippen LogP) is 4.62. The van der Waals surface area contributed by atoms with Crippen molar-refractivity contribution in [3.8, 4) is 5.75 Å². The molecule has 4 aromatic carbocycles. The Morgan fingerprint density at radius 2 is 0.963 bits per heavy atom. The summed E-state index contributed by atoms with van der Waals surface area (Å²) >= 11 is 0. The van der Waals surface area contributed by atoms with E-state index in [1.165, 1.54) is 21.5 Å². The summed E-state index contributed by atoms with van der Waals surface area (Å²) in [6.45, 7) is 0. The fourth-order valence-corrected chi connectivity index (χ4v) is 8.68. The van der Waals surface area contributed by atoms with Crippen LogP contribution in [0.2, 0.25) is 0 Å². The third-order valence-corrected chi connectivity index (χ3v) is 10.1. The molecular formula is C25H23OP. The molecule has 0 aliphatic rings. The Morgan fingerprint density at radius 1 is 0.519 bits per heavy atom. The number of aromatic hydroxyl groups is 1. The molecule has 0 spiro atoms. The van der Waals surface area contributed by atoms with Gasteiger partial charge < -0.3 is 0 Å². The Hall–Kier alpha value is -2.89. The number of rotatable bonds is 5. The molecule has 1 N–H and O–H groups in total. The minimum absolute atomic E-state index is 0.324. The molecule has 27 heavy (non-hydrogen) atoms. The van der Waals surface area contributed by atoms with Crippen LogP contribution in [0.25, 0.3) is 0 Å². The standard InChI is InChI=1S/C25H23OP/c26-22-12-10-11-21(19-22)20-27(23-13-4-1-5-14-23,24-15-6-2-7-16-24)25-17-8-3-9-18-25/h1-19,26-27H,20H2. The van der Waals surface area contributed by atoms with Crippen LogP contribution in [0.15, 0.2) is 115 Å². The Kier molecular flexibility index (Phi) is 5.05. The average Bonchev–Trinajstić information content (AvgIpc) is 2.74. The van der Waals surface area contributed by atoms with Gasteiger partial charge in [0.25, 0.3) is 0 Å². The van der Waals surface area contributed by atoms with Gasteiger partial charge >= 0.3 is 161 Å². The van der Waals surface area contributed by atoms with Crippen molar-refractivity contribution in [2.75, 3.05) is 0 Å². The van der Waals surface area contributed by atoms with Crippen LogP contribution in [0.3, 0.4) is 0 Å². The fourth-order valence-electron chi connectivity index (χ4n) is 3.95. The van der Waals surface area contributed by atoms with Crippen LogP contribution >= 0.6 is 7.26 Å². The Bertz CT molecular complexity index is 901. The number of phenolic OH excluding ortho intramolecular Hbond substituents is 1. The first-order chi connectivity index (χ1) is 13.3. The molecule has 2 heteroatoms. The van der Waals surface area contributed by atoms with E-state index in [0.717, 1.165) is 6.16 Å². The van der Waals surface area contributed by atoms with Gasteiger partial charge in [-0.3, -0.25) is 0 Å². The molecule has 0 amide bonds. The third-order valence-electron chi connectivity index (χ3n) is 5.18. The number of phenols is 1. The van der Waals surface area contributed by atoms with E-state index in [-0.39, 0.29) is 0 Å². The molecule has 0 bridgehead atoms. The van der Waals surface area contributed by atoms with Crippen molar-refractivity contribution < 1.29 is 5.11 Å². The molecule has 0 saturated heterocycles. The van der Waals surface area contributed by atoms with Crippen molar-refractivity contribution in [3.63, 3.8) is 0 Å². The Balaban J connectivity index is 2.00. The van der Waals surface area contributed by atoms with Gasteiger partial charge in [-0.2, -0.15) is 0 Å². The van der Waals surface area contributed by atoms with Gasteiger partial charge in [-0.05, 0) is 0 Å². The van der Waals surface area contributed by atoms with Crippen LogP contribution < -0.4 is 15.9 Å². The quantitative estimate of drug-likeness (QED) is 0.508. The second-order valence-corrected chi connectivity index (χ2v) is 10.7. The third kappa shape index (κ3) is 3.52. The van der Waals surface area contributed by atoms with Gasteiger partial charge in [0.15, 0.2) is 0 Å². The molecule has 4 rings (SSSR count). The van der Waals surface area contributed by atoms with E-state index in [4.69, 9.17) is 0 Å². The summed E-state index contributed by atoms with van der Waals surface area (Å²) < 4.78 is 0. The van der Waals surface area contributed by atoms with Crippen molar-refractivity contribution in [1.82, 2.24) is 0 Å². The van der Waals surface area contributed by atoms with Crippen LogP contribution in [0.5, 0.6) is 5.75 Å². The molecule has 0 aliphatic heterocycles. The van der Waals surface area contributed by atoms with Crippen molar-refractivity contribution in [2.45, 2.75) is 6.16 Å². The van der Waals surface area contributed by atoms with Crippen LogP contribution in [-0.2, 0) is 6.16 Å². The first-order valence-corrected chi connectivity index (χ1v) is 11.4. The normalized spacial score (nSPS) is 11.9. The average molecular weight is 370 g/mol. The van der Waals surface area contributed by atoms with E-state index < -0.39 is 7.26 Å². The topological polar surface area (TPSA) is 20.2 Å². The second-order valence-electron chi connectivity index (χ2n) is 6.85. The van der Waals surface area contributed by atoms with Gasteiger partial charge in [0, 0.05) is 0 Å². The van der Waals surface area contributed by atoms with E-state index in [9.17, 15) is 5.11 Å². The zero-order valence-corrected chi connectivity index (χ0v) is 16.1. The summed E-state index contributed by atoms with van der Waals surface area (Å²) in [5, 5.41) is 14.2. The molecule has 0 unspecified atom stereocenters. The van der Waals surface area contributed by atoms with E-state index in [1.54, 1.807) is 6.07 Å². The Morgan fingerprint density at radius 3 is 1.37 bits per heavy atom. The van der Waals surface area contributed by atoms with E-state index >= 15 is 0 Å². The van der Waals surface area contributed by atoms with Gasteiger partial charge in [-0.1, -0.05) is 0 Å². The molecule has 134 valence electrons. The Labute approximate surface area is 161 Å². The molecule has 0 aromatic heterocycles. The van der Waals surface area contributed by atoms with Gasteiger partial charge in [0.2, 0.25) is 0 Å². The summed E-state index contributed by atoms with van der Waals surface area (Å²) in [6.07, 6.45) is 0.902. The van der Waals surface area contributed by atoms with Crippen LogP contribution in [-0.4, -0.2) is 5.11 Å². The zero-order valence-electron chi connectivity index (χ0n) is 15.1. The first kappa shape index (κ1) is 17.5. The molecule has 4 aromatic rings. The molecule has 0 fully saturated rings. The molecular weight excluding hydrogens is 347 g/mol. The van der Waals surface area contributed by atoms with Crippen LogP contribution in [0.4, 0.5) is 0 Å². The summed E-state index contributed by atoms with van der Waals surface area (Å²) in [6, 6.07) is 40.3. The van der Waals surface area contributed by atoms with Crippen LogP contribution in [0, 0.1) is 0 Å². The van der Waals surface area contributed by atoms with Gasteiger partial charge in [-0.15, -0.1) is 0 Å². The van der Waals surface area contributed by atoms with Crippen molar-refractivity contribution >= 4 is 23.2 Å². The molecule has 1 nitrogen and oxygen atoms in total. The SMILES string of the molecule is Oc1cccc(C[PH](c2ccccc2)(c2ccccc2)c2ccccc2)c1. The predicted molar refractivity (Wildman–Crippen MR) is 118 cm³/mol. The zero-order chi connectivity index (χ0) is 18.5. The molecule has 0 aliphatic carbocycles. The van der Waals surface area contributed by atoms with Crippen molar-refractivity contribution in [3.05, 3.63) is 121 Å². The maximum atomic E-state index is 10.0. The summed E-state index contributed by atoms with van der Waals surface area (Å²) in [5.41, 5.74) is 1.17. The summed E-state index contributed by atoms with van der Waals surface area (Å²) in [7, 11) is -2.30. The summed E-state index contributed by atoms with van der Waals surface area (Å²) in [4.78, 5) is 0. The van der Waals surface area contributed by atoms with E-state index in [0.29, 0.717) is 5.75 Å². The fraction of sp³-hybridized carbons (Fsp3) is 0.0400. The number of hydrogen-bond donors (Lipinski definition) is 1. The molecule has 0 heterocycles. The van der Waals surface area contributed by atoms with Gasteiger partial charge in [0.05, 0.1) is 0 Å². The van der Waals surface area contributed by atoms with Crippen LogP contribution in [0.1, 0.15) is 5.56 Å². The minimum atomic E-state index is -2.30. The summed E-state index contributed by atoms with van der Waals surface area (Å²) in [5.74, 6) is 0.324. The molecule has 0 radical (unpaired) electrons. The van der Waals surface area contributed by atoms with Crippen molar-refractivity contribution in [1.29, 1.82) is 0 Å². The number of hydrogen-bond acceptors (Lipinski definition) is 1. The number of benzene rings is 4. The maximum absolute atomic E-state index is 10.0. The molecule has 0 saturated carbocycles. The van der Waals surface area contributed by atoms with Crippen molar-refractivity contribution in [2.24, 2.45) is 0 Å². The monoisotopic (exact) mass is 370 g/mol. The second kappa shape index (κ2) is 7.78. The van der Waals surface area contributed by atoms with Gasteiger partial charge in [0.1, 0.15) is 0 Å². The van der Waals surface area contributed by atoms with Gasteiger partial charge in [-0.25, -0.2) is 0 Å². The van der Waals surface area contributed by atoms with E-state index in [1.807, 2.05) is 12.1 Å².